The second kappa shape index (κ2) is 4.55. The summed E-state index contributed by atoms with van der Waals surface area (Å²) in [6.07, 6.45) is 4.65. The third-order valence-electron chi connectivity index (χ3n) is 3.71. The Bertz CT molecular complexity index is 355. The lowest BCUT2D eigenvalue weighted by Gasteiger charge is -2.22. The van der Waals surface area contributed by atoms with Crippen LogP contribution in [-0.2, 0) is 24.1 Å². The molecule has 0 saturated carbocycles. The van der Waals surface area contributed by atoms with E-state index in [0.29, 0.717) is 0 Å². The fraction of sp³-hybridized carbons (Fsp3) is 0.750. The van der Waals surface area contributed by atoms with Crippen LogP contribution in [-0.4, -0.2) is 30.0 Å². The van der Waals surface area contributed by atoms with E-state index in [-0.39, 0.29) is 0 Å². The van der Waals surface area contributed by atoms with E-state index in [1.54, 1.807) is 0 Å². The van der Waals surface area contributed by atoms with E-state index in [4.69, 9.17) is 4.74 Å². The number of aromatic amines is 1. The monoisotopic (exact) mass is 221 g/mol. The Kier molecular flexibility index (Phi) is 2.93. The average Bonchev–Trinajstić information content (AvgIpc) is 2.74. The number of H-pyrrole nitrogens is 1. The van der Waals surface area contributed by atoms with Gasteiger partial charge in [0.25, 0.3) is 0 Å². The van der Waals surface area contributed by atoms with Crippen LogP contribution in [0.2, 0.25) is 0 Å². The van der Waals surface area contributed by atoms with Crippen molar-refractivity contribution in [3.8, 4) is 0 Å². The van der Waals surface area contributed by atoms with E-state index >= 15 is 0 Å². The number of fused-ring (bicyclic) bond motifs is 1. The molecule has 1 aromatic rings. The van der Waals surface area contributed by atoms with Crippen molar-refractivity contribution in [2.45, 2.75) is 32.2 Å². The van der Waals surface area contributed by atoms with Gasteiger partial charge in [-0.2, -0.15) is 5.10 Å². The van der Waals surface area contributed by atoms with E-state index in [1.807, 2.05) is 0 Å². The van der Waals surface area contributed by atoms with Crippen molar-refractivity contribution in [2.24, 2.45) is 5.92 Å². The molecule has 0 amide bonds. The molecule has 0 bridgehead atoms. The molecule has 2 aliphatic heterocycles. The summed E-state index contributed by atoms with van der Waals surface area (Å²) in [5.74, 6) is 0.774. The summed E-state index contributed by atoms with van der Waals surface area (Å²) in [6, 6.07) is 0. The first-order valence-corrected chi connectivity index (χ1v) is 6.27. The number of hydrogen-bond donors (Lipinski definition) is 2. The van der Waals surface area contributed by atoms with Crippen LogP contribution in [0.4, 0.5) is 0 Å². The fourth-order valence-corrected chi connectivity index (χ4v) is 2.71. The highest BCUT2D eigenvalue weighted by Gasteiger charge is 2.21. The van der Waals surface area contributed by atoms with Crippen LogP contribution in [0.25, 0.3) is 0 Å². The predicted octanol–water partition coefficient (Wildman–Crippen LogP) is 1.02. The average molecular weight is 221 g/mol. The molecule has 3 heterocycles. The number of hydrogen-bond acceptors (Lipinski definition) is 3. The van der Waals surface area contributed by atoms with E-state index in [9.17, 15) is 0 Å². The molecule has 1 fully saturated rings. The number of nitrogens with zero attached hydrogens (tertiary/aromatic N) is 1. The molecule has 2 aliphatic rings. The van der Waals surface area contributed by atoms with Crippen LogP contribution in [0.15, 0.2) is 0 Å². The van der Waals surface area contributed by atoms with Crippen LogP contribution in [0.3, 0.4) is 0 Å². The molecule has 0 spiro atoms. The van der Waals surface area contributed by atoms with E-state index < -0.39 is 0 Å². The Morgan fingerprint density at radius 2 is 2.19 bits per heavy atom. The molecule has 1 saturated heterocycles. The SMILES string of the molecule is C1Cc2c(CC3CCOCC3)n[nH]c2CN1. The Balaban J connectivity index is 1.71. The maximum absolute atomic E-state index is 5.39. The Hall–Kier alpha value is -0.870. The summed E-state index contributed by atoms with van der Waals surface area (Å²) < 4.78 is 5.39. The number of nitrogens with one attached hydrogen (secondary N) is 2. The van der Waals surface area contributed by atoms with Crippen LogP contribution >= 0.6 is 0 Å². The Morgan fingerprint density at radius 1 is 1.31 bits per heavy atom. The molecule has 1 aromatic heterocycles. The lowest BCUT2D eigenvalue weighted by Crippen LogP contribution is -2.24. The maximum Gasteiger partial charge on any atom is 0.0660 e. The highest BCUT2D eigenvalue weighted by Crippen LogP contribution is 2.23. The van der Waals surface area contributed by atoms with Gasteiger partial charge in [-0.1, -0.05) is 0 Å². The molecule has 4 heteroatoms. The minimum absolute atomic E-state index is 0.774. The Labute approximate surface area is 95.8 Å². The molecule has 0 radical (unpaired) electrons. The first-order valence-electron chi connectivity index (χ1n) is 6.27. The van der Waals surface area contributed by atoms with Gasteiger partial charge in [0.1, 0.15) is 0 Å². The summed E-state index contributed by atoms with van der Waals surface area (Å²) in [5.41, 5.74) is 4.09. The molecule has 16 heavy (non-hydrogen) atoms. The first kappa shape index (κ1) is 10.3. The van der Waals surface area contributed by atoms with Gasteiger partial charge in [0.15, 0.2) is 0 Å². The van der Waals surface area contributed by atoms with Gasteiger partial charge in [-0.25, -0.2) is 0 Å². The van der Waals surface area contributed by atoms with Crippen molar-refractivity contribution >= 4 is 0 Å². The fourth-order valence-electron chi connectivity index (χ4n) is 2.71. The summed E-state index contributed by atoms with van der Waals surface area (Å²) >= 11 is 0. The first-order chi connectivity index (χ1) is 7.93. The molecule has 88 valence electrons. The van der Waals surface area contributed by atoms with Crippen LogP contribution < -0.4 is 5.32 Å². The van der Waals surface area contributed by atoms with Crippen LogP contribution in [0, 0.1) is 5.92 Å². The standard InChI is InChI=1S/C12H19N3O/c1-4-13-8-12-10(1)11(14-15-12)7-9-2-5-16-6-3-9/h9,13H,1-8H2,(H,14,15). The van der Waals surface area contributed by atoms with Crippen molar-refractivity contribution in [1.82, 2.24) is 15.5 Å². The van der Waals surface area contributed by atoms with Crippen molar-refractivity contribution in [1.29, 1.82) is 0 Å². The predicted molar refractivity (Wildman–Crippen MR) is 61.2 cm³/mol. The van der Waals surface area contributed by atoms with Crippen molar-refractivity contribution in [3.05, 3.63) is 17.0 Å². The zero-order chi connectivity index (χ0) is 10.8. The third-order valence-corrected chi connectivity index (χ3v) is 3.71. The minimum atomic E-state index is 0.774. The highest BCUT2D eigenvalue weighted by atomic mass is 16.5. The molecule has 0 atom stereocenters. The molecule has 0 unspecified atom stereocenters. The smallest absolute Gasteiger partial charge is 0.0660 e. The van der Waals surface area contributed by atoms with Crippen LogP contribution in [0.1, 0.15) is 29.8 Å². The topological polar surface area (TPSA) is 49.9 Å². The quantitative estimate of drug-likeness (QED) is 0.784. The zero-order valence-electron chi connectivity index (χ0n) is 9.59. The van der Waals surface area contributed by atoms with E-state index in [1.165, 1.54) is 29.8 Å². The summed E-state index contributed by atoms with van der Waals surface area (Å²) in [4.78, 5) is 0. The largest absolute Gasteiger partial charge is 0.381 e. The van der Waals surface area contributed by atoms with Gasteiger partial charge in [-0.3, -0.25) is 5.10 Å². The zero-order valence-corrected chi connectivity index (χ0v) is 9.59. The lowest BCUT2D eigenvalue weighted by atomic mass is 9.92. The van der Waals surface area contributed by atoms with Crippen LogP contribution in [0.5, 0.6) is 0 Å². The molecule has 0 aliphatic carbocycles. The van der Waals surface area contributed by atoms with Gasteiger partial charge in [-0.05, 0) is 43.7 Å². The third kappa shape index (κ3) is 1.99. The van der Waals surface area contributed by atoms with Crippen molar-refractivity contribution in [3.63, 3.8) is 0 Å². The Morgan fingerprint density at radius 3 is 3.06 bits per heavy atom. The molecule has 2 N–H and O–H groups in total. The summed E-state index contributed by atoms with van der Waals surface area (Å²) in [5, 5.41) is 11.0. The number of ether oxygens (including phenoxy) is 1. The molecule has 3 rings (SSSR count). The van der Waals surface area contributed by atoms with Gasteiger partial charge < -0.3 is 10.1 Å². The molecule has 0 aromatic carbocycles. The van der Waals surface area contributed by atoms with Crippen molar-refractivity contribution in [2.75, 3.05) is 19.8 Å². The van der Waals surface area contributed by atoms with Gasteiger partial charge in [0.2, 0.25) is 0 Å². The van der Waals surface area contributed by atoms with E-state index in [2.05, 4.69) is 15.5 Å². The minimum Gasteiger partial charge on any atom is -0.381 e. The second-order valence-corrected chi connectivity index (χ2v) is 4.81. The molecular weight excluding hydrogens is 202 g/mol. The molecule has 4 nitrogen and oxygen atoms in total. The summed E-state index contributed by atoms with van der Waals surface area (Å²) in [7, 11) is 0. The lowest BCUT2D eigenvalue weighted by molar-refractivity contribution is 0.0662. The maximum atomic E-state index is 5.39. The van der Waals surface area contributed by atoms with Crippen molar-refractivity contribution < 1.29 is 4.74 Å². The number of rotatable bonds is 2. The summed E-state index contributed by atoms with van der Waals surface area (Å²) in [6.45, 7) is 3.90. The molecular formula is C12H19N3O. The normalized spacial score (nSPS) is 22.0. The highest BCUT2D eigenvalue weighted by molar-refractivity contribution is 5.28. The van der Waals surface area contributed by atoms with Gasteiger partial charge in [0.05, 0.1) is 11.4 Å². The number of aromatic nitrogens is 2. The van der Waals surface area contributed by atoms with Gasteiger partial charge >= 0.3 is 0 Å². The van der Waals surface area contributed by atoms with E-state index in [0.717, 1.165) is 45.1 Å². The second-order valence-electron chi connectivity index (χ2n) is 4.81. The van der Waals surface area contributed by atoms with Gasteiger partial charge in [0, 0.05) is 19.8 Å². The van der Waals surface area contributed by atoms with Gasteiger partial charge in [-0.15, -0.1) is 0 Å².